The van der Waals surface area contributed by atoms with Gasteiger partial charge in [-0.1, -0.05) is 41.6 Å². The average molecular weight is 548 g/mol. The number of benzene rings is 2. The molecule has 10 nitrogen and oxygen atoms in total. The van der Waals surface area contributed by atoms with Crippen LogP contribution >= 0.6 is 0 Å². The van der Waals surface area contributed by atoms with Crippen molar-refractivity contribution in [1.82, 2.24) is 20.4 Å². The van der Waals surface area contributed by atoms with E-state index in [0.717, 1.165) is 31.7 Å². The van der Waals surface area contributed by atoms with Crippen molar-refractivity contribution >= 4 is 15.7 Å². The van der Waals surface area contributed by atoms with Crippen LogP contribution in [0.2, 0.25) is 0 Å². The van der Waals surface area contributed by atoms with Crippen molar-refractivity contribution in [3.05, 3.63) is 66.4 Å². The molecule has 2 fully saturated rings. The van der Waals surface area contributed by atoms with E-state index in [-0.39, 0.29) is 17.3 Å². The summed E-state index contributed by atoms with van der Waals surface area (Å²) in [7, 11) is -3.44. The molecule has 0 saturated carbocycles. The summed E-state index contributed by atoms with van der Waals surface area (Å²) in [5.41, 5.74) is 10.5. The molecular weight excluding hydrogens is 518 g/mol. The Morgan fingerprint density at radius 2 is 1.64 bits per heavy atom. The van der Waals surface area contributed by atoms with E-state index >= 15 is 0 Å². The molecule has 0 aliphatic carbocycles. The fourth-order valence-electron chi connectivity index (χ4n) is 4.76. The van der Waals surface area contributed by atoms with Crippen LogP contribution in [-0.4, -0.2) is 61.3 Å². The second kappa shape index (κ2) is 10.9. The van der Waals surface area contributed by atoms with Gasteiger partial charge in [0.05, 0.1) is 35.2 Å². The van der Waals surface area contributed by atoms with Gasteiger partial charge in [-0.3, -0.25) is 0 Å². The van der Waals surface area contributed by atoms with Crippen molar-refractivity contribution in [1.29, 1.82) is 0 Å². The third-order valence-corrected chi connectivity index (χ3v) is 9.30. The summed E-state index contributed by atoms with van der Waals surface area (Å²) in [6.45, 7) is 3.05. The topological polar surface area (TPSA) is 142 Å². The van der Waals surface area contributed by atoms with Crippen molar-refractivity contribution in [2.45, 2.75) is 35.6 Å². The summed E-state index contributed by atoms with van der Waals surface area (Å²) in [6.07, 6.45) is 3.10. The van der Waals surface area contributed by atoms with Crippen LogP contribution < -0.4 is 11.1 Å². The second-order valence-electron chi connectivity index (χ2n) is 9.76. The maximum Gasteiger partial charge on any atom is 0.189 e. The minimum atomic E-state index is -3.44. The molecule has 2 aromatic carbocycles. The highest BCUT2D eigenvalue weighted by Crippen LogP contribution is 2.31. The van der Waals surface area contributed by atoms with Gasteiger partial charge in [0.25, 0.3) is 0 Å². The molecule has 2 saturated heterocycles. The van der Waals surface area contributed by atoms with Gasteiger partial charge in [-0.2, -0.15) is 0 Å². The van der Waals surface area contributed by atoms with Crippen LogP contribution in [0.15, 0.2) is 70.2 Å². The van der Waals surface area contributed by atoms with E-state index in [4.69, 9.17) is 19.7 Å². The minimum Gasteiger partial charge on any atom is -0.382 e. The first kappa shape index (κ1) is 25.6. The average Bonchev–Trinajstić information content (AvgIpc) is 3.76. The van der Waals surface area contributed by atoms with Gasteiger partial charge >= 0.3 is 0 Å². The number of hydrogen-bond donors (Lipinski definition) is 2. The molecular formula is C28H29N5O5S. The van der Waals surface area contributed by atoms with Crippen molar-refractivity contribution in [3.8, 4) is 34.0 Å². The largest absolute Gasteiger partial charge is 0.382 e. The van der Waals surface area contributed by atoms with Crippen LogP contribution in [0.25, 0.3) is 34.0 Å². The number of hydrogen-bond acceptors (Lipinski definition) is 10. The Kier molecular flexibility index (Phi) is 7.13. The van der Waals surface area contributed by atoms with E-state index in [2.05, 4.69) is 32.6 Å². The van der Waals surface area contributed by atoms with E-state index in [1.807, 2.05) is 12.1 Å². The third-order valence-electron chi connectivity index (χ3n) is 7.12. The van der Waals surface area contributed by atoms with Crippen LogP contribution in [0.3, 0.4) is 0 Å². The van der Waals surface area contributed by atoms with Gasteiger partial charge in [-0.15, -0.1) is 0 Å². The van der Waals surface area contributed by atoms with Crippen LogP contribution in [0.4, 0.5) is 5.82 Å². The molecule has 4 aromatic rings. The molecule has 3 N–H and O–H groups in total. The van der Waals surface area contributed by atoms with Gasteiger partial charge in [-0.25, -0.2) is 18.4 Å². The predicted octanol–water partition coefficient (Wildman–Crippen LogP) is 3.49. The lowest BCUT2D eigenvalue weighted by molar-refractivity contribution is 0.190. The van der Waals surface area contributed by atoms with Crippen LogP contribution in [0, 0.1) is 0 Å². The number of sulfone groups is 1. The molecule has 0 spiro atoms. The molecule has 1 unspecified atom stereocenters. The molecule has 2 aliphatic rings. The third kappa shape index (κ3) is 5.44. The lowest BCUT2D eigenvalue weighted by Gasteiger charge is -2.10. The number of nitrogens with one attached hydrogen (secondary N) is 1. The fraction of sp³-hybridized carbons (Fsp3) is 0.321. The quantitative estimate of drug-likeness (QED) is 0.336. The molecule has 0 bridgehead atoms. The zero-order valence-electron chi connectivity index (χ0n) is 21.2. The lowest BCUT2D eigenvalue weighted by Crippen LogP contribution is -2.28. The van der Waals surface area contributed by atoms with E-state index in [1.54, 1.807) is 36.5 Å². The number of ether oxygens (including phenoxy) is 2. The first-order chi connectivity index (χ1) is 19.0. The first-order valence-corrected chi connectivity index (χ1v) is 14.4. The molecule has 11 heteroatoms. The van der Waals surface area contributed by atoms with E-state index in [0.29, 0.717) is 47.5 Å². The molecule has 0 radical (unpaired) electrons. The highest BCUT2D eigenvalue weighted by atomic mass is 32.2. The van der Waals surface area contributed by atoms with Gasteiger partial charge in [0.15, 0.2) is 27.1 Å². The lowest BCUT2D eigenvalue weighted by atomic mass is 10.1. The van der Waals surface area contributed by atoms with Gasteiger partial charge in [0.2, 0.25) is 0 Å². The Hall–Kier alpha value is -3.64. The molecule has 39 heavy (non-hydrogen) atoms. The van der Waals surface area contributed by atoms with Crippen LogP contribution in [0.1, 0.15) is 18.4 Å². The summed E-state index contributed by atoms with van der Waals surface area (Å²) in [6, 6.07) is 16.9. The Morgan fingerprint density at radius 1 is 0.923 bits per heavy atom. The van der Waals surface area contributed by atoms with Crippen molar-refractivity contribution in [2.75, 3.05) is 32.2 Å². The highest BCUT2D eigenvalue weighted by molar-refractivity contribution is 7.92. The monoisotopic (exact) mass is 547 g/mol. The zero-order chi connectivity index (χ0) is 26.8. The van der Waals surface area contributed by atoms with Crippen molar-refractivity contribution < 1.29 is 22.4 Å². The number of aromatic nitrogens is 3. The van der Waals surface area contributed by atoms with Crippen molar-refractivity contribution in [3.63, 3.8) is 0 Å². The number of rotatable bonds is 8. The molecule has 6 rings (SSSR count). The number of nitrogens with two attached hydrogens (primary N) is 1. The van der Waals surface area contributed by atoms with E-state index in [9.17, 15) is 8.42 Å². The van der Waals surface area contributed by atoms with Gasteiger partial charge in [-0.05, 0) is 30.5 Å². The standard InChI is InChI=1S/C28H29N5O5S/c29-28-27(26-13-24(33-38-26)19-3-1-18(2-4-19)14-30-21-9-11-36-16-21)32-25(15-31-28)20-5-7-22(8-6-20)39(34,35)23-10-12-37-17-23/h1-8,13,15,21,23,30H,9-12,14,16-17H2,(H2,29,31)/t21-,23?/m0/s1. The number of nitrogens with zero attached hydrogens (tertiary/aromatic N) is 3. The molecule has 2 aliphatic heterocycles. The fourth-order valence-corrected chi connectivity index (χ4v) is 6.34. The summed E-state index contributed by atoms with van der Waals surface area (Å²) >= 11 is 0. The number of anilines is 1. The SMILES string of the molecule is Nc1ncc(-c2ccc(S(=O)(=O)C3CCOC3)cc2)nc1-c1cc(-c2ccc(CN[C@H]3CCOC3)cc2)no1. The molecule has 2 aromatic heterocycles. The maximum absolute atomic E-state index is 12.8. The summed E-state index contributed by atoms with van der Waals surface area (Å²) in [5.74, 6) is 0.600. The normalized spacial score (nSPS) is 19.5. The summed E-state index contributed by atoms with van der Waals surface area (Å²) in [5, 5.41) is 7.21. The summed E-state index contributed by atoms with van der Waals surface area (Å²) in [4.78, 5) is 9.21. The molecule has 4 heterocycles. The Balaban J connectivity index is 1.18. The van der Waals surface area contributed by atoms with Gasteiger partial charge in [0.1, 0.15) is 5.69 Å². The molecule has 2 atom stereocenters. The highest BCUT2D eigenvalue weighted by Gasteiger charge is 2.31. The second-order valence-corrected chi connectivity index (χ2v) is 12.0. The van der Waals surface area contributed by atoms with Crippen LogP contribution in [0.5, 0.6) is 0 Å². The molecule has 0 amide bonds. The van der Waals surface area contributed by atoms with Crippen molar-refractivity contribution in [2.24, 2.45) is 0 Å². The Morgan fingerprint density at radius 3 is 2.36 bits per heavy atom. The first-order valence-electron chi connectivity index (χ1n) is 12.9. The maximum atomic E-state index is 12.8. The minimum absolute atomic E-state index is 0.208. The summed E-state index contributed by atoms with van der Waals surface area (Å²) < 4.78 is 41.9. The molecule has 202 valence electrons. The zero-order valence-corrected chi connectivity index (χ0v) is 22.1. The Bertz CT molecular complexity index is 1540. The smallest absolute Gasteiger partial charge is 0.189 e. The van der Waals surface area contributed by atoms with E-state index < -0.39 is 15.1 Å². The Labute approximate surface area is 226 Å². The van der Waals surface area contributed by atoms with Crippen LogP contribution in [-0.2, 0) is 25.9 Å². The predicted molar refractivity (Wildman–Crippen MR) is 145 cm³/mol. The van der Waals surface area contributed by atoms with Gasteiger partial charge in [0, 0.05) is 43.0 Å². The number of nitrogen functional groups attached to an aromatic ring is 1. The van der Waals surface area contributed by atoms with E-state index in [1.165, 1.54) is 5.56 Å². The van der Waals surface area contributed by atoms with Gasteiger partial charge < -0.3 is 25.0 Å².